The molecule has 1 aromatic heterocycles. The van der Waals surface area contributed by atoms with Gasteiger partial charge in [0.1, 0.15) is 5.69 Å². The number of nitrogens with zero attached hydrogens (tertiary/aromatic N) is 3. The number of alkyl halides is 2. The summed E-state index contributed by atoms with van der Waals surface area (Å²) in [6.45, 7) is 0. The second-order valence-electron chi connectivity index (χ2n) is 4.65. The van der Waals surface area contributed by atoms with Crippen LogP contribution in [-0.2, 0) is 0 Å². The van der Waals surface area contributed by atoms with Crippen molar-refractivity contribution in [2.24, 2.45) is 0 Å². The summed E-state index contributed by atoms with van der Waals surface area (Å²) < 4.78 is 26.9. The van der Waals surface area contributed by atoms with E-state index in [-0.39, 0.29) is 0 Å². The van der Waals surface area contributed by atoms with Gasteiger partial charge in [-0.1, -0.05) is 24.5 Å². The minimum absolute atomic E-state index is 0.489. The summed E-state index contributed by atoms with van der Waals surface area (Å²) in [4.78, 5) is 10.9. The fraction of sp³-hybridized carbons (Fsp3) is 0.727. The fourth-order valence-electron chi connectivity index (χ4n) is 2.46. The Morgan fingerprint density at radius 1 is 1.32 bits per heavy atom. The van der Waals surface area contributed by atoms with E-state index in [2.05, 4.69) is 10.3 Å². The van der Waals surface area contributed by atoms with E-state index in [1.54, 1.807) is 0 Å². The zero-order chi connectivity index (χ0) is 14.0. The first-order valence-corrected chi connectivity index (χ1v) is 6.17. The number of hydrogen-bond donors (Lipinski definition) is 2. The average Bonchev–Trinajstić information content (AvgIpc) is 2.67. The molecular formula is C11H15F2N3O3. The molecule has 0 bridgehead atoms. The molecule has 1 aliphatic carbocycles. The number of aliphatic hydroxyl groups is 1. The third-order valence-corrected chi connectivity index (χ3v) is 3.40. The third kappa shape index (κ3) is 2.73. The summed E-state index contributed by atoms with van der Waals surface area (Å²) in [6.07, 6.45) is -0.286. The maximum absolute atomic E-state index is 13.0. The molecule has 2 rings (SSSR count). The predicted molar refractivity (Wildman–Crippen MR) is 60.1 cm³/mol. The van der Waals surface area contributed by atoms with Gasteiger partial charge in [0.25, 0.3) is 6.43 Å². The second-order valence-corrected chi connectivity index (χ2v) is 4.65. The average molecular weight is 275 g/mol. The zero-order valence-electron chi connectivity index (χ0n) is 10.2. The Labute approximate surface area is 108 Å². The molecule has 19 heavy (non-hydrogen) atoms. The van der Waals surface area contributed by atoms with Crippen LogP contribution in [0.25, 0.3) is 0 Å². The Bertz CT molecular complexity index is 464. The standard InChI is InChI=1S/C11H15F2N3O3/c12-10(13)9-8(11(18)19)14-15-16(9)6-4-2-1-3-5-7(6)17/h6-7,10,17H,1-5H2,(H,18,19). The van der Waals surface area contributed by atoms with E-state index in [1.165, 1.54) is 0 Å². The number of aromatic nitrogens is 3. The first-order chi connectivity index (χ1) is 9.02. The van der Waals surface area contributed by atoms with Crippen LogP contribution in [0.15, 0.2) is 0 Å². The van der Waals surface area contributed by atoms with Gasteiger partial charge in [0, 0.05) is 0 Å². The van der Waals surface area contributed by atoms with E-state index in [0.29, 0.717) is 12.8 Å². The molecule has 106 valence electrons. The van der Waals surface area contributed by atoms with Crippen LogP contribution in [0, 0.1) is 0 Å². The molecule has 1 saturated carbocycles. The van der Waals surface area contributed by atoms with E-state index in [9.17, 15) is 18.7 Å². The lowest BCUT2D eigenvalue weighted by molar-refractivity contribution is 0.0660. The Morgan fingerprint density at radius 3 is 2.63 bits per heavy atom. The molecule has 1 aromatic rings. The van der Waals surface area contributed by atoms with E-state index in [0.717, 1.165) is 23.9 Å². The zero-order valence-corrected chi connectivity index (χ0v) is 10.2. The summed E-state index contributed by atoms with van der Waals surface area (Å²) in [6, 6.07) is -0.632. The molecule has 0 aromatic carbocycles. The number of hydrogen-bond acceptors (Lipinski definition) is 4. The molecule has 0 aliphatic heterocycles. The van der Waals surface area contributed by atoms with Crippen LogP contribution in [0.5, 0.6) is 0 Å². The van der Waals surface area contributed by atoms with Gasteiger partial charge in [0.15, 0.2) is 5.69 Å². The van der Waals surface area contributed by atoms with Crippen LogP contribution in [0.4, 0.5) is 8.78 Å². The van der Waals surface area contributed by atoms with Gasteiger partial charge in [-0.25, -0.2) is 18.3 Å². The summed E-state index contributed by atoms with van der Waals surface area (Å²) >= 11 is 0. The quantitative estimate of drug-likeness (QED) is 0.821. The highest BCUT2D eigenvalue weighted by atomic mass is 19.3. The van der Waals surface area contributed by atoms with E-state index >= 15 is 0 Å². The fourth-order valence-corrected chi connectivity index (χ4v) is 2.46. The smallest absolute Gasteiger partial charge is 0.358 e. The second kappa shape index (κ2) is 5.60. The molecule has 2 N–H and O–H groups in total. The number of carboxylic acids is 1. The molecule has 8 heteroatoms. The number of aliphatic hydroxyl groups excluding tert-OH is 1. The SMILES string of the molecule is O=C(O)c1nnn(C2CCCCCC2O)c1C(F)F. The molecule has 0 saturated heterocycles. The molecule has 2 atom stereocenters. The molecule has 2 unspecified atom stereocenters. The van der Waals surface area contributed by atoms with E-state index in [1.807, 2.05) is 0 Å². The van der Waals surface area contributed by atoms with Gasteiger partial charge in [-0.15, -0.1) is 5.10 Å². The van der Waals surface area contributed by atoms with Crippen LogP contribution < -0.4 is 0 Å². The first-order valence-electron chi connectivity index (χ1n) is 6.17. The largest absolute Gasteiger partial charge is 0.476 e. The van der Waals surface area contributed by atoms with Crippen LogP contribution in [0.2, 0.25) is 0 Å². The van der Waals surface area contributed by atoms with Crippen molar-refractivity contribution in [3.8, 4) is 0 Å². The molecule has 1 heterocycles. The number of rotatable bonds is 3. The van der Waals surface area contributed by atoms with Crippen molar-refractivity contribution in [3.05, 3.63) is 11.4 Å². The topological polar surface area (TPSA) is 88.2 Å². The van der Waals surface area contributed by atoms with Crippen molar-refractivity contribution < 1.29 is 23.8 Å². The van der Waals surface area contributed by atoms with Crippen LogP contribution in [0.3, 0.4) is 0 Å². The maximum atomic E-state index is 13.0. The number of carboxylic acid groups (broad SMARTS) is 1. The van der Waals surface area contributed by atoms with Crippen molar-refractivity contribution in [2.75, 3.05) is 0 Å². The minimum atomic E-state index is -2.99. The summed E-state index contributed by atoms with van der Waals surface area (Å²) in [5, 5.41) is 25.6. The highest BCUT2D eigenvalue weighted by molar-refractivity contribution is 5.86. The van der Waals surface area contributed by atoms with E-state index < -0.39 is 35.9 Å². The highest BCUT2D eigenvalue weighted by Gasteiger charge is 2.33. The lowest BCUT2D eigenvalue weighted by atomic mass is 10.1. The van der Waals surface area contributed by atoms with Gasteiger partial charge in [-0.3, -0.25) is 0 Å². The molecule has 1 aliphatic rings. The molecule has 1 fully saturated rings. The van der Waals surface area contributed by atoms with Crippen molar-refractivity contribution in [1.29, 1.82) is 0 Å². The Balaban J connectivity index is 2.40. The number of carbonyl (C=O) groups is 1. The van der Waals surface area contributed by atoms with Crippen molar-refractivity contribution in [3.63, 3.8) is 0 Å². The summed E-state index contributed by atoms with van der Waals surface area (Å²) in [5.74, 6) is -1.54. The Kier molecular flexibility index (Phi) is 4.08. The van der Waals surface area contributed by atoms with Gasteiger partial charge in [0.2, 0.25) is 0 Å². The monoisotopic (exact) mass is 275 g/mol. The molecule has 6 nitrogen and oxygen atoms in total. The summed E-state index contributed by atoms with van der Waals surface area (Å²) in [5.41, 5.74) is -1.47. The van der Waals surface area contributed by atoms with E-state index in [4.69, 9.17) is 5.11 Å². The Morgan fingerprint density at radius 2 is 2.00 bits per heavy atom. The third-order valence-electron chi connectivity index (χ3n) is 3.40. The normalized spacial score (nSPS) is 24.4. The number of aromatic carboxylic acids is 1. The maximum Gasteiger partial charge on any atom is 0.358 e. The first kappa shape index (κ1) is 13.9. The van der Waals surface area contributed by atoms with Gasteiger partial charge in [-0.2, -0.15) is 0 Å². The predicted octanol–water partition coefficient (Wildman–Crippen LogP) is 1.78. The lowest BCUT2D eigenvalue weighted by Gasteiger charge is -2.22. The van der Waals surface area contributed by atoms with Gasteiger partial charge in [0.05, 0.1) is 12.1 Å². The highest BCUT2D eigenvalue weighted by Crippen LogP contribution is 2.31. The molecule has 0 amide bonds. The molecular weight excluding hydrogens is 260 g/mol. The van der Waals surface area contributed by atoms with Crippen LogP contribution in [0.1, 0.15) is 60.8 Å². The summed E-state index contributed by atoms with van der Waals surface area (Å²) in [7, 11) is 0. The van der Waals surface area contributed by atoms with Gasteiger partial charge >= 0.3 is 5.97 Å². The van der Waals surface area contributed by atoms with Crippen LogP contribution >= 0.6 is 0 Å². The Hall–Kier alpha value is -1.57. The van der Waals surface area contributed by atoms with Crippen molar-refractivity contribution in [1.82, 2.24) is 15.0 Å². The van der Waals surface area contributed by atoms with Gasteiger partial charge < -0.3 is 10.2 Å². The minimum Gasteiger partial charge on any atom is -0.476 e. The number of halogens is 2. The molecule has 0 spiro atoms. The van der Waals surface area contributed by atoms with Crippen molar-refractivity contribution in [2.45, 2.75) is 50.7 Å². The molecule has 0 radical (unpaired) electrons. The van der Waals surface area contributed by atoms with Crippen LogP contribution in [-0.4, -0.2) is 37.3 Å². The van der Waals surface area contributed by atoms with Gasteiger partial charge in [-0.05, 0) is 12.8 Å². The lowest BCUT2D eigenvalue weighted by Crippen LogP contribution is -2.26. The van der Waals surface area contributed by atoms with Crippen molar-refractivity contribution >= 4 is 5.97 Å².